The summed E-state index contributed by atoms with van der Waals surface area (Å²) in [4.78, 5) is 14.8. The standard InChI is InChI=1S/C8H9ClN2O2/c1-13-8(12)7(10)5-2-3-11-4-6(5)9/h2-4,7H,10H2,1H3. The minimum atomic E-state index is -0.847. The van der Waals surface area contributed by atoms with Gasteiger partial charge in [0.1, 0.15) is 6.04 Å². The van der Waals surface area contributed by atoms with Gasteiger partial charge in [0.05, 0.1) is 12.1 Å². The van der Waals surface area contributed by atoms with E-state index in [1.807, 2.05) is 0 Å². The van der Waals surface area contributed by atoms with Gasteiger partial charge in [0.15, 0.2) is 0 Å². The highest BCUT2D eigenvalue weighted by atomic mass is 35.5. The first-order chi connectivity index (χ1) is 6.16. The Kier molecular flexibility index (Phi) is 3.22. The van der Waals surface area contributed by atoms with Gasteiger partial charge >= 0.3 is 5.97 Å². The van der Waals surface area contributed by atoms with Crippen LogP contribution in [0.25, 0.3) is 0 Å². The number of nitrogens with two attached hydrogens (primary N) is 1. The number of aromatic nitrogens is 1. The molecule has 1 unspecified atom stereocenters. The highest BCUT2D eigenvalue weighted by Crippen LogP contribution is 2.20. The summed E-state index contributed by atoms with van der Waals surface area (Å²) in [6.45, 7) is 0. The van der Waals surface area contributed by atoms with Crippen molar-refractivity contribution in [3.05, 3.63) is 29.0 Å². The van der Waals surface area contributed by atoms with Crippen molar-refractivity contribution in [3.8, 4) is 0 Å². The van der Waals surface area contributed by atoms with Crippen LogP contribution >= 0.6 is 11.6 Å². The molecule has 0 saturated carbocycles. The molecule has 0 radical (unpaired) electrons. The van der Waals surface area contributed by atoms with E-state index in [0.717, 1.165) is 0 Å². The number of hydrogen-bond donors (Lipinski definition) is 1. The van der Waals surface area contributed by atoms with Crippen LogP contribution in [-0.4, -0.2) is 18.1 Å². The summed E-state index contributed by atoms with van der Waals surface area (Å²) < 4.78 is 4.48. The van der Waals surface area contributed by atoms with Gasteiger partial charge in [-0.3, -0.25) is 9.78 Å². The minimum Gasteiger partial charge on any atom is -0.468 e. The van der Waals surface area contributed by atoms with E-state index in [1.54, 1.807) is 6.07 Å². The number of nitrogens with zero attached hydrogens (tertiary/aromatic N) is 1. The lowest BCUT2D eigenvalue weighted by molar-refractivity contribution is -0.142. The molecule has 4 nitrogen and oxygen atoms in total. The molecule has 0 spiro atoms. The van der Waals surface area contributed by atoms with Crippen molar-refractivity contribution >= 4 is 17.6 Å². The molecular weight excluding hydrogens is 192 g/mol. The van der Waals surface area contributed by atoms with Gasteiger partial charge in [-0.2, -0.15) is 0 Å². The van der Waals surface area contributed by atoms with E-state index in [9.17, 15) is 4.79 Å². The van der Waals surface area contributed by atoms with Crippen molar-refractivity contribution < 1.29 is 9.53 Å². The Hall–Kier alpha value is -1.13. The lowest BCUT2D eigenvalue weighted by atomic mass is 10.1. The summed E-state index contributed by atoms with van der Waals surface area (Å²) in [5.41, 5.74) is 6.08. The molecule has 0 aromatic carbocycles. The molecule has 0 aliphatic rings. The number of pyridine rings is 1. The van der Waals surface area contributed by atoms with E-state index >= 15 is 0 Å². The maximum Gasteiger partial charge on any atom is 0.327 e. The maximum absolute atomic E-state index is 11.0. The lowest BCUT2D eigenvalue weighted by Gasteiger charge is -2.09. The van der Waals surface area contributed by atoms with Gasteiger partial charge in [-0.25, -0.2) is 0 Å². The highest BCUT2D eigenvalue weighted by Gasteiger charge is 2.18. The van der Waals surface area contributed by atoms with Gasteiger partial charge in [-0.15, -0.1) is 0 Å². The van der Waals surface area contributed by atoms with Gasteiger partial charge in [0.25, 0.3) is 0 Å². The van der Waals surface area contributed by atoms with E-state index in [2.05, 4.69) is 9.72 Å². The molecule has 0 bridgehead atoms. The zero-order valence-corrected chi connectivity index (χ0v) is 7.78. The van der Waals surface area contributed by atoms with Crippen LogP contribution in [0, 0.1) is 0 Å². The Labute approximate surface area is 80.7 Å². The molecule has 1 rings (SSSR count). The number of hydrogen-bond acceptors (Lipinski definition) is 4. The number of rotatable bonds is 2. The fraction of sp³-hybridized carbons (Fsp3) is 0.250. The Morgan fingerprint density at radius 2 is 2.46 bits per heavy atom. The van der Waals surface area contributed by atoms with Gasteiger partial charge in [-0.05, 0) is 6.07 Å². The van der Waals surface area contributed by atoms with Crippen LogP contribution in [0.15, 0.2) is 18.5 Å². The van der Waals surface area contributed by atoms with Crippen molar-refractivity contribution in [3.63, 3.8) is 0 Å². The third-order valence-corrected chi connectivity index (χ3v) is 1.91. The third-order valence-electron chi connectivity index (χ3n) is 1.59. The predicted octanol–water partition coefficient (Wildman–Crippen LogP) is 0.908. The Balaban J connectivity index is 2.95. The average molecular weight is 201 g/mol. The topological polar surface area (TPSA) is 65.2 Å². The summed E-state index contributed by atoms with van der Waals surface area (Å²) >= 11 is 5.77. The molecule has 0 aliphatic carbocycles. The predicted molar refractivity (Wildman–Crippen MR) is 48.2 cm³/mol. The molecular formula is C8H9ClN2O2. The molecule has 5 heteroatoms. The first-order valence-electron chi connectivity index (χ1n) is 3.59. The SMILES string of the molecule is COC(=O)C(N)c1ccncc1Cl. The van der Waals surface area contributed by atoms with E-state index in [0.29, 0.717) is 10.6 Å². The van der Waals surface area contributed by atoms with Gasteiger partial charge in [-0.1, -0.05) is 11.6 Å². The quantitative estimate of drug-likeness (QED) is 0.721. The Morgan fingerprint density at radius 3 is 3.00 bits per heavy atom. The van der Waals surface area contributed by atoms with Crippen LogP contribution in [0.4, 0.5) is 0 Å². The van der Waals surface area contributed by atoms with Crippen molar-refractivity contribution in [2.24, 2.45) is 5.73 Å². The number of ether oxygens (including phenoxy) is 1. The monoisotopic (exact) mass is 200 g/mol. The number of halogens is 1. The van der Waals surface area contributed by atoms with Crippen LogP contribution in [-0.2, 0) is 9.53 Å². The summed E-state index contributed by atoms with van der Waals surface area (Å²) in [7, 11) is 1.28. The highest BCUT2D eigenvalue weighted by molar-refractivity contribution is 6.31. The summed E-state index contributed by atoms with van der Waals surface area (Å²) in [6.07, 6.45) is 2.95. The van der Waals surface area contributed by atoms with E-state index in [1.165, 1.54) is 19.5 Å². The summed E-state index contributed by atoms with van der Waals surface area (Å²) in [5.74, 6) is -0.520. The van der Waals surface area contributed by atoms with Crippen molar-refractivity contribution in [2.75, 3.05) is 7.11 Å². The molecule has 1 aromatic heterocycles. The van der Waals surface area contributed by atoms with Crippen LogP contribution < -0.4 is 5.73 Å². The fourth-order valence-corrected chi connectivity index (χ4v) is 1.13. The fourth-order valence-electron chi connectivity index (χ4n) is 0.892. The lowest BCUT2D eigenvalue weighted by Crippen LogP contribution is -2.22. The molecule has 1 heterocycles. The van der Waals surface area contributed by atoms with Crippen LogP contribution in [0.2, 0.25) is 5.02 Å². The molecule has 70 valence electrons. The van der Waals surface area contributed by atoms with Gasteiger partial charge < -0.3 is 10.5 Å². The van der Waals surface area contributed by atoms with Crippen molar-refractivity contribution in [2.45, 2.75) is 6.04 Å². The second-order valence-corrected chi connectivity index (χ2v) is 2.81. The van der Waals surface area contributed by atoms with Crippen molar-refractivity contribution in [1.82, 2.24) is 4.98 Å². The van der Waals surface area contributed by atoms with E-state index in [-0.39, 0.29) is 0 Å². The first kappa shape index (κ1) is 9.95. The molecule has 1 atom stereocenters. The molecule has 1 aromatic rings. The summed E-state index contributed by atoms with van der Waals surface area (Å²) in [6, 6.07) is 0.740. The third kappa shape index (κ3) is 2.17. The Bertz CT molecular complexity index is 317. The second kappa shape index (κ2) is 4.20. The number of carbonyl (C=O) groups excluding carboxylic acids is 1. The van der Waals surface area contributed by atoms with E-state index in [4.69, 9.17) is 17.3 Å². The average Bonchev–Trinajstić information content (AvgIpc) is 2.16. The zero-order valence-electron chi connectivity index (χ0n) is 7.03. The van der Waals surface area contributed by atoms with Crippen molar-refractivity contribution in [1.29, 1.82) is 0 Å². The molecule has 2 N–H and O–H groups in total. The first-order valence-corrected chi connectivity index (χ1v) is 3.97. The maximum atomic E-state index is 11.0. The smallest absolute Gasteiger partial charge is 0.327 e. The zero-order chi connectivity index (χ0) is 9.84. The number of esters is 1. The molecule has 0 amide bonds. The molecule has 0 saturated heterocycles. The largest absolute Gasteiger partial charge is 0.468 e. The minimum absolute atomic E-state index is 0.361. The van der Waals surface area contributed by atoms with E-state index < -0.39 is 12.0 Å². The van der Waals surface area contributed by atoms with Gasteiger partial charge in [0.2, 0.25) is 0 Å². The molecule has 0 fully saturated rings. The Morgan fingerprint density at radius 1 is 1.77 bits per heavy atom. The molecule has 13 heavy (non-hydrogen) atoms. The van der Waals surface area contributed by atoms with Crippen LogP contribution in [0.1, 0.15) is 11.6 Å². The van der Waals surface area contributed by atoms with Crippen LogP contribution in [0.3, 0.4) is 0 Å². The normalized spacial score (nSPS) is 12.2. The number of methoxy groups -OCH3 is 1. The van der Waals surface area contributed by atoms with Crippen LogP contribution in [0.5, 0.6) is 0 Å². The number of carbonyl (C=O) groups is 1. The summed E-state index contributed by atoms with van der Waals surface area (Å²) in [5, 5.41) is 0.361. The van der Waals surface area contributed by atoms with Gasteiger partial charge in [0, 0.05) is 18.0 Å². The molecule has 0 aliphatic heterocycles. The second-order valence-electron chi connectivity index (χ2n) is 2.40.